The van der Waals surface area contributed by atoms with Gasteiger partial charge in [0.15, 0.2) is 0 Å². The predicted octanol–water partition coefficient (Wildman–Crippen LogP) is 2.11. The van der Waals surface area contributed by atoms with Crippen LogP contribution < -0.4 is 0 Å². The van der Waals surface area contributed by atoms with Gasteiger partial charge < -0.3 is 0 Å². The first kappa shape index (κ1) is 8.65. The Kier molecular flexibility index (Phi) is 3.00. The highest BCUT2D eigenvalue weighted by Crippen LogP contribution is 2.08. The molecule has 1 aromatic rings. The molecule has 1 aromatic heterocycles. The van der Waals surface area contributed by atoms with Crippen LogP contribution in [0.25, 0.3) is 0 Å². The summed E-state index contributed by atoms with van der Waals surface area (Å²) < 4.78 is 0. The molecule has 0 amide bonds. The zero-order valence-electron chi connectivity index (χ0n) is 6.71. The van der Waals surface area contributed by atoms with Crippen LogP contribution in [0.5, 0.6) is 0 Å². The smallest absolute Gasteiger partial charge is 0.0626 e. The molecule has 0 fully saturated rings. The lowest BCUT2D eigenvalue weighted by atomic mass is 10.2. The lowest BCUT2D eigenvalue weighted by Crippen LogP contribution is -2.02. The SMILES string of the molecule is Cc1nccnc1CC(C)Br. The van der Waals surface area contributed by atoms with Crippen molar-refractivity contribution >= 4 is 15.9 Å². The van der Waals surface area contributed by atoms with E-state index in [0.29, 0.717) is 4.83 Å². The highest BCUT2D eigenvalue weighted by molar-refractivity contribution is 9.09. The van der Waals surface area contributed by atoms with Crippen LogP contribution in [0.4, 0.5) is 0 Å². The van der Waals surface area contributed by atoms with Gasteiger partial charge in [-0.3, -0.25) is 9.97 Å². The topological polar surface area (TPSA) is 25.8 Å². The van der Waals surface area contributed by atoms with E-state index < -0.39 is 0 Å². The minimum absolute atomic E-state index is 0.470. The van der Waals surface area contributed by atoms with Crippen molar-refractivity contribution in [1.29, 1.82) is 0 Å². The molecule has 0 N–H and O–H groups in total. The normalized spacial score (nSPS) is 13.0. The zero-order valence-corrected chi connectivity index (χ0v) is 8.30. The number of halogens is 1. The average Bonchev–Trinajstić information content (AvgIpc) is 1.93. The molecule has 0 aliphatic carbocycles. The van der Waals surface area contributed by atoms with Gasteiger partial charge in [-0.15, -0.1) is 0 Å². The Morgan fingerprint density at radius 3 is 2.64 bits per heavy atom. The van der Waals surface area contributed by atoms with E-state index >= 15 is 0 Å². The predicted molar refractivity (Wildman–Crippen MR) is 48.9 cm³/mol. The van der Waals surface area contributed by atoms with E-state index in [0.717, 1.165) is 17.8 Å². The molecular weight excluding hydrogens is 204 g/mol. The van der Waals surface area contributed by atoms with Crippen LogP contribution >= 0.6 is 15.9 Å². The van der Waals surface area contributed by atoms with Crippen molar-refractivity contribution in [3.63, 3.8) is 0 Å². The fourth-order valence-electron chi connectivity index (χ4n) is 0.903. The zero-order chi connectivity index (χ0) is 8.27. The Labute approximate surface area is 75.2 Å². The minimum atomic E-state index is 0.470. The monoisotopic (exact) mass is 214 g/mol. The first-order valence-corrected chi connectivity index (χ1v) is 4.52. The second-order valence-electron chi connectivity index (χ2n) is 2.57. The van der Waals surface area contributed by atoms with Gasteiger partial charge in [-0.1, -0.05) is 22.9 Å². The highest BCUT2D eigenvalue weighted by Gasteiger charge is 2.02. The van der Waals surface area contributed by atoms with E-state index in [1.807, 2.05) is 6.92 Å². The van der Waals surface area contributed by atoms with Gasteiger partial charge in [0.1, 0.15) is 0 Å². The molecule has 1 rings (SSSR count). The van der Waals surface area contributed by atoms with Gasteiger partial charge in [0.2, 0.25) is 0 Å². The van der Waals surface area contributed by atoms with Crippen LogP contribution in [0, 0.1) is 6.92 Å². The maximum absolute atomic E-state index is 4.23. The Balaban J connectivity index is 2.78. The molecule has 0 aliphatic heterocycles. The van der Waals surface area contributed by atoms with Gasteiger partial charge in [0.25, 0.3) is 0 Å². The molecule has 0 aliphatic rings. The summed E-state index contributed by atoms with van der Waals surface area (Å²) in [5.74, 6) is 0. The summed E-state index contributed by atoms with van der Waals surface area (Å²) in [5, 5.41) is 0. The van der Waals surface area contributed by atoms with Crippen LogP contribution in [-0.2, 0) is 6.42 Å². The van der Waals surface area contributed by atoms with E-state index in [1.165, 1.54) is 0 Å². The van der Waals surface area contributed by atoms with Gasteiger partial charge in [-0.05, 0) is 6.92 Å². The molecule has 1 unspecified atom stereocenters. The molecule has 2 nitrogen and oxygen atoms in total. The van der Waals surface area contributed by atoms with E-state index in [2.05, 4.69) is 32.8 Å². The lowest BCUT2D eigenvalue weighted by molar-refractivity contribution is 0.877. The van der Waals surface area contributed by atoms with Crippen LogP contribution in [0.2, 0.25) is 0 Å². The second-order valence-corrected chi connectivity index (χ2v) is 4.14. The van der Waals surface area contributed by atoms with E-state index in [1.54, 1.807) is 12.4 Å². The quantitative estimate of drug-likeness (QED) is 0.706. The maximum atomic E-state index is 4.23. The Morgan fingerprint density at radius 2 is 2.09 bits per heavy atom. The third-order valence-electron chi connectivity index (χ3n) is 1.46. The largest absolute Gasteiger partial charge is 0.258 e. The molecule has 0 spiro atoms. The summed E-state index contributed by atoms with van der Waals surface area (Å²) in [6.45, 7) is 4.09. The maximum Gasteiger partial charge on any atom is 0.0626 e. The van der Waals surface area contributed by atoms with Gasteiger partial charge in [0.05, 0.1) is 11.4 Å². The van der Waals surface area contributed by atoms with Gasteiger partial charge in [0, 0.05) is 23.6 Å². The van der Waals surface area contributed by atoms with Crippen molar-refractivity contribution in [2.24, 2.45) is 0 Å². The summed E-state index contributed by atoms with van der Waals surface area (Å²) in [7, 11) is 0. The van der Waals surface area contributed by atoms with Crippen molar-refractivity contribution < 1.29 is 0 Å². The first-order valence-electron chi connectivity index (χ1n) is 3.60. The summed E-state index contributed by atoms with van der Waals surface area (Å²) in [6, 6.07) is 0. The first-order chi connectivity index (χ1) is 5.20. The molecule has 11 heavy (non-hydrogen) atoms. The molecule has 0 saturated heterocycles. The van der Waals surface area contributed by atoms with Crippen LogP contribution in [0.3, 0.4) is 0 Å². The fraction of sp³-hybridized carbons (Fsp3) is 0.500. The summed E-state index contributed by atoms with van der Waals surface area (Å²) >= 11 is 3.48. The number of rotatable bonds is 2. The number of aromatic nitrogens is 2. The Morgan fingerprint density at radius 1 is 1.45 bits per heavy atom. The molecular formula is C8H11BrN2. The number of hydrogen-bond donors (Lipinski definition) is 0. The highest BCUT2D eigenvalue weighted by atomic mass is 79.9. The number of nitrogens with zero attached hydrogens (tertiary/aromatic N) is 2. The minimum Gasteiger partial charge on any atom is -0.258 e. The molecule has 0 radical (unpaired) electrons. The van der Waals surface area contributed by atoms with Crippen molar-refractivity contribution in [3.8, 4) is 0 Å². The Hall–Kier alpha value is -0.440. The van der Waals surface area contributed by atoms with Gasteiger partial charge in [-0.25, -0.2) is 0 Å². The van der Waals surface area contributed by atoms with Crippen molar-refractivity contribution in [1.82, 2.24) is 9.97 Å². The number of aryl methyl sites for hydroxylation is 1. The summed E-state index contributed by atoms with van der Waals surface area (Å²) in [5.41, 5.74) is 2.11. The average molecular weight is 215 g/mol. The van der Waals surface area contributed by atoms with E-state index in [4.69, 9.17) is 0 Å². The van der Waals surface area contributed by atoms with E-state index in [9.17, 15) is 0 Å². The van der Waals surface area contributed by atoms with E-state index in [-0.39, 0.29) is 0 Å². The lowest BCUT2D eigenvalue weighted by Gasteiger charge is -2.03. The van der Waals surface area contributed by atoms with Crippen LogP contribution in [-0.4, -0.2) is 14.8 Å². The molecule has 60 valence electrons. The molecule has 1 heterocycles. The third-order valence-corrected chi connectivity index (χ3v) is 1.78. The number of alkyl halides is 1. The molecule has 0 aromatic carbocycles. The second kappa shape index (κ2) is 3.81. The van der Waals surface area contributed by atoms with Gasteiger partial charge in [-0.2, -0.15) is 0 Å². The molecule has 0 bridgehead atoms. The summed E-state index contributed by atoms with van der Waals surface area (Å²) in [4.78, 5) is 8.85. The van der Waals surface area contributed by atoms with Crippen molar-refractivity contribution in [2.75, 3.05) is 0 Å². The van der Waals surface area contributed by atoms with Crippen LogP contribution in [0.15, 0.2) is 12.4 Å². The van der Waals surface area contributed by atoms with Crippen molar-refractivity contribution in [3.05, 3.63) is 23.8 Å². The van der Waals surface area contributed by atoms with Crippen LogP contribution in [0.1, 0.15) is 18.3 Å². The molecule has 0 saturated carbocycles. The van der Waals surface area contributed by atoms with Crippen molar-refractivity contribution in [2.45, 2.75) is 25.1 Å². The third kappa shape index (κ3) is 2.58. The van der Waals surface area contributed by atoms with Gasteiger partial charge >= 0.3 is 0 Å². The standard InChI is InChI=1S/C8H11BrN2/c1-6(9)5-8-7(2)10-3-4-11-8/h3-4,6H,5H2,1-2H3. The summed E-state index contributed by atoms with van der Waals surface area (Å²) in [6.07, 6.45) is 4.40. The molecule has 3 heteroatoms. The Bertz CT molecular complexity index is 235. The number of hydrogen-bond acceptors (Lipinski definition) is 2. The molecule has 1 atom stereocenters. The fourth-order valence-corrected chi connectivity index (χ4v) is 1.21.